The van der Waals surface area contributed by atoms with E-state index in [0.29, 0.717) is 0 Å². The summed E-state index contributed by atoms with van der Waals surface area (Å²) in [6, 6.07) is 6.10. The van der Waals surface area contributed by atoms with Gasteiger partial charge >= 0.3 is 0 Å². The van der Waals surface area contributed by atoms with E-state index in [1.807, 2.05) is 17.5 Å². The molecule has 0 aliphatic heterocycles. The van der Waals surface area contributed by atoms with Gasteiger partial charge in [0.1, 0.15) is 0 Å². The number of rotatable bonds is 7. The number of hydrogen-bond acceptors (Lipinski definition) is 5. The van der Waals surface area contributed by atoms with E-state index >= 15 is 0 Å². The molecule has 2 heterocycles. The Morgan fingerprint density at radius 1 is 1.38 bits per heavy atom. The van der Waals surface area contributed by atoms with Gasteiger partial charge in [0.25, 0.3) is 10.0 Å². The molecule has 114 valence electrons. The van der Waals surface area contributed by atoms with Crippen LogP contribution in [0.2, 0.25) is 0 Å². The summed E-state index contributed by atoms with van der Waals surface area (Å²) in [7, 11) is -2.52. The van der Waals surface area contributed by atoms with Gasteiger partial charge < -0.3 is 4.74 Å². The summed E-state index contributed by atoms with van der Waals surface area (Å²) in [6.45, 7) is 0.519. The Kier molecular flexibility index (Phi) is 5.40. The van der Waals surface area contributed by atoms with E-state index in [1.54, 1.807) is 0 Å². The molecular weight excluding hydrogens is 315 g/mol. The van der Waals surface area contributed by atoms with Crippen LogP contribution in [0, 0.1) is 5.82 Å². The minimum atomic E-state index is -4.01. The highest BCUT2D eigenvalue weighted by molar-refractivity contribution is 7.89. The Labute approximate surface area is 127 Å². The average Bonchev–Trinajstić information content (AvgIpc) is 2.96. The van der Waals surface area contributed by atoms with Crippen molar-refractivity contribution in [1.82, 2.24) is 9.29 Å². The topological polar surface area (TPSA) is 59.5 Å². The monoisotopic (exact) mass is 330 g/mol. The minimum Gasteiger partial charge on any atom is -0.383 e. The molecule has 0 spiro atoms. The predicted octanol–water partition coefficient (Wildman–Crippen LogP) is 2.12. The lowest BCUT2D eigenvalue weighted by Crippen LogP contribution is -2.34. The number of aromatic nitrogens is 1. The molecule has 21 heavy (non-hydrogen) atoms. The first-order valence-electron chi connectivity index (χ1n) is 6.17. The second-order valence-corrected chi connectivity index (χ2v) is 7.09. The highest BCUT2D eigenvalue weighted by atomic mass is 32.2. The van der Waals surface area contributed by atoms with Crippen molar-refractivity contribution in [2.45, 2.75) is 11.6 Å². The molecule has 0 N–H and O–H groups in total. The molecule has 0 atom stereocenters. The molecule has 0 aliphatic carbocycles. The van der Waals surface area contributed by atoms with Crippen LogP contribution in [-0.2, 0) is 21.3 Å². The molecule has 0 bridgehead atoms. The SMILES string of the molecule is COCCN(Cc1cccs1)S(=O)(=O)c1ncccc1F. The van der Waals surface area contributed by atoms with Gasteiger partial charge in [-0.05, 0) is 23.6 Å². The van der Waals surface area contributed by atoms with Gasteiger partial charge in [-0.3, -0.25) is 0 Å². The number of sulfonamides is 1. The fourth-order valence-electron chi connectivity index (χ4n) is 1.74. The van der Waals surface area contributed by atoms with Gasteiger partial charge in [0.2, 0.25) is 5.03 Å². The minimum absolute atomic E-state index is 0.132. The molecule has 0 amide bonds. The maximum atomic E-state index is 13.7. The highest BCUT2D eigenvalue weighted by Crippen LogP contribution is 2.20. The Morgan fingerprint density at radius 2 is 2.19 bits per heavy atom. The molecule has 5 nitrogen and oxygen atoms in total. The van der Waals surface area contributed by atoms with Gasteiger partial charge in [-0.1, -0.05) is 6.07 Å². The van der Waals surface area contributed by atoms with Crippen LogP contribution < -0.4 is 0 Å². The quantitative estimate of drug-likeness (QED) is 0.780. The number of hydrogen-bond donors (Lipinski definition) is 0. The first-order valence-corrected chi connectivity index (χ1v) is 8.49. The number of pyridine rings is 1. The zero-order valence-corrected chi connectivity index (χ0v) is 13.0. The molecule has 0 aliphatic rings. The van der Waals surface area contributed by atoms with E-state index in [9.17, 15) is 12.8 Å². The third-order valence-electron chi connectivity index (χ3n) is 2.77. The van der Waals surface area contributed by atoms with Crippen LogP contribution in [0.25, 0.3) is 0 Å². The number of thiophene rings is 1. The van der Waals surface area contributed by atoms with Gasteiger partial charge in [0.15, 0.2) is 5.82 Å². The fourth-order valence-corrected chi connectivity index (χ4v) is 3.92. The maximum Gasteiger partial charge on any atom is 0.263 e. The van der Waals surface area contributed by atoms with Crippen LogP contribution >= 0.6 is 11.3 Å². The lowest BCUT2D eigenvalue weighted by molar-refractivity contribution is 0.177. The normalized spacial score (nSPS) is 12.0. The van der Waals surface area contributed by atoms with E-state index in [1.165, 1.54) is 35.0 Å². The van der Waals surface area contributed by atoms with Crippen LogP contribution in [0.4, 0.5) is 4.39 Å². The van der Waals surface area contributed by atoms with Gasteiger partial charge in [0.05, 0.1) is 6.61 Å². The van der Waals surface area contributed by atoms with Crippen molar-refractivity contribution < 1.29 is 17.5 Å². The standard InChI is InChI=1S/C13H15FN2O3S2/c1-19-8-7-16(10-11-4-3-9-20-11)21(17,18)13-12(14)5-2-6-15-13/h2-6,9H,7-8,10H2,1H3. The van der Waals surface area contributed by atoms with Crippen molar-refractivity contribution in [3.8, 4) is 0 Å². The van der Waals surface area contributed by atoms with Gasteiger partial charge in [0, 0.05) is 31.3 Å². The maximum absolute atomic E-state index is 13.7. The molecule has 2 aromatic rings. The Bertz CT molecular complexity index is 674. The average molecular weight is 330 g/mol. The second-order valence-electron chi connectivity index (χ2n) is 4.20. The summed E-state index contributed by atoms with van der Waals surface area (Å²) in [5.74, 6) is -0.855. The first kappa shape index (κ1) is 16.0. The van der Waals surface area contributed by atoms with Crippen molar-refractivity contribution in [1.29, 1.82) is 0 Å². The summed E-state index contributed by atoms with van der Waals surface area (Å²) >= 11 is 1.44. The molecule has 0 radical (unpaired) electrons. The first-order chi connectivity index (χ1) is 10.1. The third kappa shape index (κ3) is 3.85. The zero-order valence-electron chi connectivity index (χ0n) is 11.4. The molecule has 0 saturated heterocycles. The van der Waals surface area contributed by atoms with E-state index in [0.717, 1.165) is 10.9 Å². The lowest BCUT2D eigenvalue weighted by atomic mass is 10.4. The van der Waals surface area contributed by atoms with Gasteiger partial charge in [-0.25, -0.2) is 17.8 Å². The van der Waals surface area contributed by atoms with Crippen LogP contribution in [0.1, 0.15) is 4.88 Å². The van der Waals surface area contributed by atoms with Crippen LogP contribution in [0.5, 0.6) is 0 Å². The Hall–Kier alpha value is -1.35. The molecule has 0 saturated carbocycles. The molecule has 8 heteroatoms. The largest absolute Gasteiger partial charge is 0.383 e. The summed E-state index contributed by atoms with van der Waals surface area (Å²) in [5, 5.41) is 1.30. The molecule has 2 rings (SSSR count). The lowest BCUT2D eigenvalue weighted by Gasteiger charge is -2.20. The molecular formula is C13H15FN2O3S2. The number of ether oxygens (including phenoxy) is 1. The smallest absolute Gasteiger partial charge is 0.263 e. The van der Waals surface area contributed by atoms with Gasteiger partial charge in [-0.15, -0.1) is 11.3 Å². The highest BCUT2D eigenvalue weighted by Gasteiger charge is 2.28. The van der Waals surface area contributed by atoms with E-state index < -0.39 is 20.9 Å². The Balaban J connectivity index is 2.32. The predicted molar refractivity (Wildman–Crippen MR) is 78.0 cm³/mol. The van der Waals surface area contributed by atoms with Crippen LogP contribution in [0.15, 0.2) is 40.9 Å². The van der Waals surface area contributed by atoms with Crippen molar-refractivity contribution in [2.24, 2.45) is 0 Å². The number of halogens is 1. The molecule has 0 aromatic carbocycles. The van der Waals surface area contributed by atoms with Crippen molar-refractivity contribution >= 4 is 21.4 Å². The zero-order chi connectivity index (χ0) is 15.3. The van der Waals surface area contributed by atoms with E-state index in [-0.39, 0.29) is 19.7 Å². The molecule has 2 aromatic heterocycles. The summed E-state index contributed by atoms with van der Waals surface area (Å²) in [6.07, 6.45) is 1.26. The van der Waals surface area contributed by atoms with Crippen molar-refractivity contribution in [2.75, 3.05) is 20.3 Å². The van der Waals surface area contributed by atoms with E-state index in [4.69, 9.17) is 4.74 Å². The molecule has 0 unspecified atom stereocenters. The van der Waals surface area contributed by atoms with Crippen LogP contribution in [0.3, 0.4) is 0 Å². The molecule has 0 fully saturated rings. The number of methoxy groups -OCH3 is 1. The van der Waals surface area contributed by atoms with Gasteiger partial charge in [-0.2, -0.15) is 4.31 Å². The summed E-state index contributed by atoms with van der Waals surface area (Å²) in [5.41, 5.74) is 0. The van der Waals surface area contributed by atoms with E-state index in [2.05, 4.69) is 4.98 Å². The van der Waals surface area contributed by atoms with Crippen LogP contribution in [-0.4, -0.2) is 38.0 Å². The fraction of sp³-hybridized carbons (Fsp3) is 0.308. The van der Waals surface area contributed by atoms with Crippen molar-refractivity contribution in [3.05, 3.63) is 46.5 Å². The third-order valence-corrected chi connectivity index (χ3v) is 5.41. The second kappa shape index (κ2) is 7.08. The summed E-state index contributed by atoms with van der Waals surface area (Å²) < 4.78 is 45.0. The summed E-state index contributed by atoms with van der Waals surface area (Å²) in [4.78, 5) is 4.53. The number of nitrogens with zero attached hydrogens (tertiary/aromatic N) is 2. The Morgan fingerprint density at radius 3 is 2.81 bits per heavy atom. The van der Waals surface area contributed by atoms with Crippen molar-refractivity contribution in [3.63, 3.8) is 0 Å².